The molecule has 3 aliphatic rings. The lowest BCUT2D eigenvalue weighted by Gasteiger charge is -2.52. The molecule has 0 amide bonds. The molecule has 46 heavy (non-hydrogen) atoms. The van der Waals surface area contributed by atoms with Gasteiger partial charge in [0.2, 0.25) is 0 Å². The van der Waals surface area contributed by atoms with Crippen molar-refractivity contribution in [2.45, 2.75) is 43.8 Å². The van der Waals surface area contributed by atoms with Gasteiger partial charge in [-0.2, -0.15) is 26.3 Å². The number of nitrogens with zero attached hydrogens (tertiary/aromatic N) is 2. The van der Waals surface area contributed by atoms with Gasteiger partial charge in [0.15, 0.2) is 0 Å². The third kappa shape index (κ3) is 5.83. The van der Waals surface area contributed by atoms with Crippen LogP contribution in [0.15, 0.2) is 70.9 Å². The van der Waals surface area contributed by atoms with Crippen molar-refractivity contribution in [3.63, 3.8) is 0 Å². The van der Waals surface area contributed by atoms with E-state index in [0.717, 1.165) is 36.9 Å². The number of pyridine rings is 1. The van der Waals surface area contributed by atoms with E-state index in [1.54, 1.807) is 12.3 Å². The van der Waals surface area contributed by atoms with Gasteiger partial charge in [-0.25, -0.2) is 0 Å². The molecule has 2 N–H and O–H groups in total. The normalized spacial score (nSPS) is 22.2. The molecule has 0 radical (unpaired) electrons. The van der Waals surface area contributed by atoms with Gasteiger partial charge < -0.3 is 15.4 Å². The number of fused-ring (bicyclic) bond motifs is 4. The molecule has 13 heteroatoms. The van der Waals surface area contributed by atoms with Crippen LogP contribution in [-0.4, -0.2) is 36.1 Å². The minimum Gasteiger partial charge on any atom is -0.497 e. The van der Waals surface area contributed by atoms with E-state index in [9.17, 15) is 35.9 Å². The fourth-order valence-corrected chi connectivity index (χ4v) is 6.82. The number of halogens is 6. The summed E-state index contributed by atoms with van der Waals surface area (Å²) in [5.41, 5.74) is -3.84. The Morgan fingerprint density at radius 2 is 1.72 bits per heavy atom. The molecule has 3 fully saturated rings. The fraction of sp³-hybridized carbons (Fsp3) is 0.364. The van der Waals surface area contributed by atoms with Crippen molar-refractivity contribution in [1.29, 1.82) is 0 Å². The van der Waals surface area contributed by atoms with E-state index in [4.69, 9.17) is 4.74 Å². The minimum absolute atomic E-state index is 0.0382. The van der Waals surface area contributed by atoms with E-state index in [1.807, 2.05) is 24.3 Å². The molecule has 3 saturated heterocycles. The number of benzene rings is 2. The van der Waals surface area contributed by atoms with Crippen molar-refractivity contribution in [1.82, 2.24) is 9.88 Å². The van der Waals surface area contributed by atoms with Crippen LogP contribution in [0.3, 0.4) is 0 Å². The third-order valence-corrected chi connectivity index (χ3v) is 9.18. The summed E-state index contributed by atoms with van der Waals surface area (Å²) in [7, 11) is 1.54. The number of hydrogen-bond donors (Lipinski definition) is 2. The summed E-state index contributed by atoms with van der Waals surface area (Å²) in [6.45, 7) is 5.01. The standard InChI is InChI=1S/C33H30F6N4O3/c1-3-18-16-43-9-7-19(18)12-26(43)27(23-6-8-40-25-5-4-22(46-2)14-24(23)25)42-29-28(30(44)31(29)45)41-15-17-10-20(32(34,35)36)13-21(11-17)33(37,38)39/h3-6,8,10-11,13-14,18-19,26-27,41-42H,1,7,9,12,15-16H2,2H3/t18-,19?,26+,27+/m0/s1. The first-order valence-electron chi connectivity index (χ1n) is 14.7. The van der Waals surface area contributed by atoms with E-state index in [2.05, 4.69) is 27.1 Å². The van der Waals surface area contributed by atoms with Crippen LogP contribution in [0.1, 0.15) is 41.1 Å². The maximum Gasteiger partial charge on any atom is 0.416 e. The minimum atomic E-state index is -5.02. The molecule has 0 aliphatic carbocycles. The van der Waals surface area contributed by atoms with Crippen LogP contribution < -0.4 is 26.2 Å². The number of methoxy groups -OCH3 is 1. The zero-order valence-corrected chi connectivity index (χ0v) is 24.6. The second-order valence-electron chi connectivity index (χ2n) is 11.8. The van der Waals surface area contributed by atoms with Crippen molar-refractivity contribution >= 4 is 22.3 Å². The monoisotopic (exact) mass is 644 g/mol. The highest BCUT2D eigenvalue weighted by molar-refractivity contribution is 5.85. The van der Waals surface area contributed by atoms with Crippen LogP contribution in [0.25, 0.3) is 10.9 Å². The number of piperidine rings is 3. The summed E-state index contributed by atoms with van der Waals surface area (Å²) >= 11 is 0. The molecule has 0 saturated carbocycles. The number of alkyl halides is 6. The lowest BCUT2D eigenvalue weighted by Crippen LogP contribution is -2.56. The molecule has 2 unspecified atom stereocenters. The highest BCUT2D eigenvalue weighted by Crippen LogP contribution is 2.44. The smallest absolute Gasteiger partial charge is 0.416 e. The Hall–Kier alpha value is -4.39. The first-order valence-corrected chi connectivity index (χ1v) is 14.7. The fourth-order valence-electron chi connectivity index (χ4n) is 6.82. The summed E-state index contributed by atoms with van der Waals surface area (Å²) < 4.78 is 85.9. The van der Waals surface area contributed by atoms with Crippen molar-refractivity contribution in [3.8, 4) is 5.75 Å². The van der Waals surface area contributed by atoms with Crippen LogP contribution in [0.4, 0.5) is 37.7 Å². The molecule has 2 bridgehead atoms. The predicted molar refractivity (Wildman–Crippen MR) is 162 cm³/mol. The summed E-state index contributed by atoms with van der Waals surface area (Å²) in [6, 6.07) is 7.82. The first-order chi connectivity index (χ1) is 21.8. The zero-order chi connectivity index (χ0) is 33.0. The number of nitrogens with one attached hydrogen (secondary N) is 2. The topological polar surface area (TPSA) is 83.6 Å². The Morgan fingerprint density at radius 1 is 1.02 bits per heavy atom. The predicted octanol–water partition coefficient (Wildman–Crippen LogP) is 6.54. The first kappa shape index (κ1) is 31.6. The second-order valence-corrected chi connectivity index (χ2v) is 11.8. The quantitative estimate of drug-likeness (QED) is 0.122. The van der Waals surface area contributed by atoms with E-state index in [-0.39, 0.29) is 29.0 Å². The molecule has 0 spiro atoms. The van der Waals surface area contributed by atoms with Crippen molar-refractivity contribution in [3.05, 3.63) is 104 Å². The lowest BCUT2D eigenvalue weighted by atomic mass is 9.73. The number of ether oxygens (including phenoxy) is 1. The molecule has 4 heterocycles. The summed E-state index contributed by atoms with van der Waals surface area (Å²) in [4.78, 5) is 32.5. The summed E-state index contributed by atoms with van der Waals surface area (Å²) in [5.74, 6) is 1.25. The molecule has 3 aromatic carbocycles. The van der Waals surface area contributed by atoms with Gasteiger partial charge in [-0.05, 0) is 84.8 Å². The molecule has 5 atom stereocenters. The van der Waals surface area contributed by atoms with E-state index >= 15 is 0 Å². The summed E-state index contributed by atoms with van der Waals surface area (Å²) in [5, 5.41) is 6.68. The molecule has 1 aromatic heterocycles. The van der Waals surface area contributed by atoms with Crippen LogP contribution in [-0.2, 0) is 18.9 Å². The Labute approximate surface area is 259 Å². The van der Waals surface area contributed by atoms with Gasteiger partial charge >= 0.3 is 12.4 Å². The molecule has 4 aromatic rings. The van der Waals surface area contributed by atoms with E-state index in [1.165, 1.54) is 7.11 Å². The van der Waals surface area contributed by atoms with Gasteiger partial charge in [0.1, 0.15) is 17.1 Å². The van der Waals surface area contributed by atoms with Gasteiger partial charge in [0.05, 0.1) is 29.8 Å². The Morgan fingerprint density at radius 3 is 2.33 bits per heavy atom. The number of anilines is 2. The zero-order valence-electron chi connectivity index (χ0n) is 24.6. The third-order valence-electron chi connectivity index (χ3n) is 9.18. The molecule has 242 valence electrons. The average Bonchev–Trinajstić information content (AvgIpc) is 3.04. The Kier molecular flexibility index (Phi) is 8.07. The van der Waals surface area contributed by atoms with Gasteiger partial charge in [0.25, 0.3) is 10.9 Å². The Balaban J connectivity index is 1.36. The number of aromatic nitrogens is 1. The molecule has 3 aliphatic heterocycles. The number of hydrogen-bond acceptors (Lipinski definition) is 7. The van der Waals surface area contributed by atoms with Gasteiger partial charge in [-0.15, -0.1) is 6.58 Å². The van der Waals surface area contributed by atoms with Gasteiger partial charge in [-0.1, -0.05) is 6.08 Å². The second kappa shape index (κ2) is 11.8. The largest absolute Gasteiger partial charge is 0.497 e. The van der Waals surface area contributed by atoms with Gasteiger partial charge in [-0.3, -0.25) is 19.5 Å². The SMILES string of the molecule is C=C[C@H]1CN2CCC1C[C@@H]2[C@H](Nc1c(NCc2cc(C(F)(F)F)cc(C(F)(F)F)c2)c(=O)c1=O)c1ccnc2ccc(OC)cc12. The lowest BCUT2D eigenvalue weighted by molar-refractivity contribution is -0.143. The van der Waals surface area contributed by atoms with E-state index < -0.39 is 46.9 Å². The highest BCUT2D eigenvalue weighted by Gasteiger charge is 2.44. The van der Waals surface area contributed by atoms with Crippen LogP contribution in [0.2, 0.25) is 0 Å². The van der Waals surface area contributed by atoms with Gasteiger partial charge in [0, 0.05) is 30.7 Å². The molecular formula is C33H30F6N4O3. The Bertz CT molecular complexity index is 1830. The van der Waals surface area contributed by atoms with Crippen LogP contribution >= 0.6 is 0 Å². The highest BCUT2D eigenvalue weighted by atomic mass is 19.4. The molecule has 7 nitrogen and oxygen atoms in total. The molecular weight excluding hydrogens is 614 g/mol. The average molecular weight is 645 g/mol. The van der Waals surface area contributed by atoms with E-state index in [0.29, 0.717) is 35.2 Å². The van der Waals surface area contributed by atoms with Crippen molar-refractivity contribution in [2.75, 3.05) is 30.8 Å². The molecule has 7 rings (SSSR count). The van der Waals surface area contributed by atoms with Crippen LogP contribution in [0, 0.1) is 11.8 Å². The maximum atomic E-state index is 13.4. The van der Waals surface area contributed by atoms with Crippen LogP contribution in [0.5, 0.6) is 5.75 Å². The maximum absolute atomic E-state index is 13.4. The van der Waals surface area contributed by atoms with Crippen molar-refractivity contribution in [2.24, 2.45) is 11.8 Å². The van der Waals surface area contributed by atoms with Crippen molar-refractivity contribution < 1.29 is 31.1 Å². The number of rotatable bonds is 9. The summed E-state index contributed by atoms with van der Waals surface area (Å²) in [6.07, 6.45) is -4.69.